The molecule has 1 atom stereocenters. The van der Waals surface area contributed by atoms with Gasteiger partial charge in [0.15, 0.2) is 0 Å². The first-order chi connectivity index (χ1) is 15.5. The largest absolute Gasteiger partial charge is 0.491 e. The first-order valence-electron chi connectivity index (χ1n) is 10.1. The van der Waals surface area contributed by atoms with Crippen molar-refractivity contribution in [2.45, 2.75) is 19.3 Å². The Morgan fingerprint density at radius 3 is 2.50 bits per heavy atom. The fourth-order valence-electron chi connectivity index (χ4n) is 2.82. The number of para-hydroxylation sites is 1. The van der Waals surface area contributed by atoms with Gasteiger partial charge in [-0.3, -0.25) is 9.52 Å². The highest BCUT2D eigenvalue weighted by molar-refractivity contribution is 7.98. The third-order valence-corrected chi connectivity index (χ3v) is 7.45. The number of H-pyrrole nitrogens is 1. The molecule has 3 rings (SSSR count). The average molecular weight is 474 g/mol. The maximum Gasteiger partial charge on any atom is 0.491 e. The van der Waals surface area contributed by atoms with Gasteiger partial charge in [0.25, 0.3) is 0 Å². The monoisotopic (exact) mass is 473 g/mol. The number of nitrogens with zero attached hydrogens (tertiary/aromatic N) is 3. The van der Waals surface area contributed by atoms with Gasteiger partial charge < -0.3 is 15.2 Å². The number of rotatable bonds is 11. The maximum absolute atomic E-state index is 14.0. The summed E-state index contributed by atoms with van der Waals surface area (Å²) in [6, 6.07) is 18.4. The summed E-state index contributed by atoms with van der Waals surface area (Å²) in [5.41, 5.74) is 9.04. The minimum atomic E-state index is -3.86. The molecule has 170 valence electrons. The molecule has 0 aliphatic heterocycles. The predicted molar refractivity (Wildman–Crippen MR) is 130 cm³/mol. The van der Waals surface area contributed by atoms with Crippen LogP contribution in [0.4, 0.5) is 0 Å². The molecule has 2 aromatic carbocycles. The number of aromatic amines is 1. The summed E-state index contributed by atoms with van der Waals surface area (Å²) in [4.78, 5) is 11.4. The van der Waals surface area contributed by atoms with Gasteiger partial charge in [-0.25, -0.2) is 14.2 Å². The molecular weight excluding hydrogens is 445 g/mol. The highest BCUT2D eigenvalue weighted by atomic mass is 32.2. The third kappa shape index (κ3) is 6.63. The summed E-state index contributed by atoms with van der Waals surface area (Å²) in [5.74, 6) is 1.87. The zero-order chi connectivity index (χ0) is 22.8. The van der Waals surface area contributed by atoms with Crippen LogP contribution in [-0.2, 0) is 21.4 Å². The Morgan fingerprint density at radius 2 is 1.88 bits per heavy atom. The van der Waals surface area contributed by atoms with Crippen LogP contribution < -0.4 is 10.3 Å². The number of aliphatic imine (C=N–C) groups is 1. The van der Waals surface area contributed by atoms with Gasteiger partial charge >= 0.3 is 7.75 Å². The molecule has 1 aromatic heterocycles. The van der Waals surface area contributed by atoms with Crippen molar-refractivity contribution < 1.29 is 13.6 Å². The minimum Gasteiger partial charge on any atom is -0.409 e. The summed E-state index contributed by atoms with van der Waals surface area (Å²) in [6.07, 6.45) is 1.68. The number of benzene rings is 2. The number of thioether (sulfide) groups is 1. The van der Waals surface area contributed by atoms with Gasteiger partial charge in [-0.2, -0.15) is 11.8 Å². The van der Waals surface area contributed by atoms with Crippen molar-refractivity contribution in [3.8, 4) is 5.75 Å². The van der Waals surface area contributed by atoms with E-state index in [2.05, 4.69) is 15.0 Å². The molecule has 10 heteroatoms. The molecule has 0 radical (unpaired) electrons. The average Bonchev–Trinajstić information content (AvgIpc) is 3.23. The molecule has 1 heterocycles. The number of hydrogen-bond acceptors (Lipinski definition) is 6. The number of hydrogen-bond donors (Lipinski definition) is 2. The summed E-state index contributed by atoms with van der Waals surface area (Å²) in [5, 5.41) is 0. The Morgan fingerprint density at radius 1 is 1.19 bits per heavy atom. The van der Waals surface area contributed by atoms with E-state index in [9.17, 15) is 4.57 Å². The Kier molecular flexibility index (Phi) is 8.79. The summed E-state index contributed by atoms with van der Waals surface area (Å²) < 4.78 is 27.3. The second-order valence-electron chi connectivity index (χ2n) is 6.86. The van der Waals surface area contributed by atoms with Crippen molar-refractivity contribution in [2.75, 3.05) is 19.3 Å². The number of imidazole rings is 1. The Bertz CT molecular complexity index is 1050. The summed E-state index contributed by atoms with van der Waals surface area (Å²) in [6.45, 7) is 2.42. The zero-order valence-corrected chi connectivity index (χ0v) is 19.9. The number of aryl methyl sites for hydroxylation is 1. The van der Waals surface area contributed by atoms with Crippen LogP contribution in [0.1, 0.15) is 17.0 Å². The van der Waals surface area contributed by atoms with Gasteiger partial charge in [0, 0.05) is 30.8 Å². The molecule has 3 N–H and O–H groups in total. The standard InChI is InChI=1S/C22H28N5O3PS/c1-18-21(26-17-25-18)16-32-14-13-27(22(23)24-2)31(28,30-20-11-7-4-8-12-20)29-15-19-9-5-3-6-10-19/h3-12,17H,13-16H2,1-2H3,(H2,23,24)(H,25,26). The SMILES string of the molecule is CN=C(N)N(CCSCc1nc[nH]c1C)P(=O)(OCc1ccccc1)Oc1ccccc1. The Hall–Kier alpha value is -2.74. The normalized spacial score (nSPS) is 13.5. The van der Waals surface area contributed by atoms with E-state index < -0.39 is 7.75 Å². The second kappa shape index (κ2) is 11.8. The lowest BCUT2D eigenvalue weighted by Crippen LogP contribution is -2.38. The van der Waals surface area contributed by atoms with Crippen LogP contribution >= 0.6 is 19.5 Å². The molecule has 0 aliphatic rings. The molecule has 1 unspecified atom stereocenters. The van der Waals surface area contributed by atoms with Crippen LogP contribution in [-0.4, -0.2) is 39.9 Å². The summed E-state index contributed by atoms with van der Waals surface area (Å²) in [7, 11) is -2.31. The molecule has 0 fully saturated rings. The van der Waals surface area contributed by atoms with E-state index >= 15 is 0 Å². The van der Waals surface area contributed by atoms with Gasteiger partial charge in [-0.05, 0) is 24.6 Å². The molecule has 0 spiro atoms. The van der Waals surface area contributed by atoms with Crippen LogP contribution in [0.2, 0.25) is 0 Å². The Balaban J connectivity index is 1.76. The van der Waals surface area contributed by atoms with Crippen molar-refractivity contribution in [3.05, 3.63) is 83.9 Å². The zero-order valence-electron chi connectivity index (χ0n) is 18.2. The second-order valence-corrected chi connectivity index (χ2v) is 9.83. The Labute approximate surface area is 192 Å². The van der Waals surface area contributed by atoms with Crippen LogP contribution in [0.15, 0.2) is 72.0 Å². The fourth-order valence-corrected chi connectivity index (χ4v) is 5.57. The minimum absolute atomic E-state index is 0.0916. The van der Waals surface area contributed by atoms with Gasteiger partial charge in [-0.15, -0.1) is 0 Å². The van der Waals surface area contributed by atoms with Crippen LogP contribution in [0.3, 0.4) is 0 Å². The van der Waals surface area contributed by atoms with Crippen molar-refractivity contribution in [3.63, 3.8) is 0 Å². The molecule has 8 nitrogen and oxygen atoms in total. The van der Waals surface area contributed by atoms with Gasteiger partial charge in [-0.1, -0.05) is 48.5 Å². The van der Waals surface area contributed by atoms with E-state index in [1.54, 1.807) is 49.4 Å². The summed E-state index contributed by atoms with van der Waals surface area (Å²) >= 11 is 1.65. The molecule has 0 saturated heterocycles. The predicted octanol–water partition coefficient (Wildman–Crippen LogP) is 4.60. The molecule has 0 saturated carbocycles. The lowest BCUT2D eigenvalue weighted by molar-refractivity contribution is 0.224. The maximum atomic E-state index is 14.0. The van der Waals surface area contributed by atoms with Crippen molar-refractivity contribution in [1.82, 2.24) is 14.6 Å². The van der Waals surface area contributed by atoms with Crippen LogP contribution in [0.25, 0.3) is 0 Å². The molecule has 32 heavy (non-hydrogen) atoms. The smallest absolute Gasteiger partial charge is 0.409 e. The topological polar surface area (TPSA) is 106 Å². The third-order valence-electron chi connectivity index (χ3n) is 4.61. The van der Waals surface area contributed by atoms with E-state index in [4.69, 9.17) is 14.8 Å². The lowest BCUT2D eigenvalue weighted by Gasteiger charge is -2.30. The highest BCUT2D eigenvalue weighted by Crippen LogP contribution is 2.52. The van der Waals surface area contributed by atoms with Gasteiger partial charge in [0.05, 0.1) is 18.6 Å². The van der Waals surface area contributed by atoms with E-state index in [0.717, 1.165) is 22.7 Å². The van der Waals surface area contributed by atoms with Crippen molar-refractivity contribution in [1.29, 1.82) is 0 Å². The molecule has 0 amide bonds. The van der Waals surface area contributed by atoms with E-state index in [-0.39, 0.29) is 12.6 Å². The molecule has 0 aliphatic carbocycles. The van der Waals surface area contributed by atoms with Crippen molar-refractivity contribution in [2.24, 2.45) is 10.7 Å². The highest BCUT2D eigenvalue weighted by Gasteiger charge is 2.37. The van der Waals surface area contributed by atoms with Crippen LogP contribution in [0.5, 0.6) is 5.75 Å². The molecule has 3 aromatic rings. The first kappa shape index (κ1) is 23.9. The van der Waals surface area contributed by atoms with E-state index in [1.807, 2.05) is 43.3 Å². The number of aromatic nitrogens is 2. The number of guanidine groups is 1. The van der Waals surface area contributed by atoms with Crippen LogP contribution in [0, 0.1) is 6.92 Å². The van der Waals surface area contributed by atoms with E-state index in [0.29, 0.717) is 18.0 Å². The fraction of sp³-hybridized carbons (Fsp3) is 0.273. The molecule has 0 bridgehead atoms. The lowest BCUT2D eigenvalue weighted by atomic mass is 10.2. The van der Waals surface area contributed by atoms with Gasteiger partial charge in [0.2, 0.25) is 5.96 Å². The number of nitrogens with two attached hydrogens (primary N) is 1. The quantitative estimate of drug-likeness (QED) is 0.181. The first-order valence-corrected chi connectivity index (χ1v) is 12.8. The molecular formula is C22H28N5O3PS. The van der Waals surface area contributed by atoms with E-state index in [1.165, 1.54) is 4.67 Å². The van der Waals surface area contributed by atoms with Gasteiger partial charge in [0.1, 0.15) is 5.75 Å². The van der Waals surface area contributed by atoms with Crippen molar-refractivity contribution >= 4 is 25.5 Å². The number of nitrogens with one attached hydrogen (secondary N) is 1.